The molecule has 1 fully saturated rings. The van der Waals surface area contributed by atoms with Gasteiger partial charge >= 0.3 is 12.0 Å². The Hall–Kier alpha value is -2.05. The lowest BCUT2D eigenvalue weighted by Gasteiger charge is -2.28. The summed E-state index contributed by atoms with van der Waals surface area (Å²) in [6.45, 7) is 5.21. The standard InChI is InChI=1S/C14H21N3O4/c1-8-7-15-11(21-8)9(2)16-13(20)17-10-5-4-6-14(10,3)12(18)19/h7,9-10H,4-6H2,1-3H3,(H,18,19)(H2,16,17,20). The second-order valence-electron chi connectivity index (χ2n) is 5.82. The number of aromatic nitrogens is 1. The van der Waals surface area contributed by atoms with Crippen LogP contribution in [0.5, 0.6) is 0 Å². The molecule has 1 saturated carbocycles. The van der Waals surface area contributed by atoms with Crippen molar-refractivity contribution in [3.8, 4) is 0 Å². The molecule has 7 heteroatoms. The van der Waals surface area contributed by atoms with Gasteiger partial charge in [-0.05, 0) is 33.6 Å². The molecule has 7 nitrogen and oxygen atoms in total. The molecular weight excluding hydrogens is 274 g/mol. The molecule has 0 aliphatic heterocycles. The summed E-state index contributed by atoms with van der Waals surface area (Å²) >= 11 is 0. The fraction of sp³-hybridized carbons (Fsp3) is 0.643. The van der Waals surface area contributed by atoms with Crippen LogP contribution in [0.25, 0.3) is 0 Å². The van der Waals surface area contributed by atoms with Crippen molar-refractivity contribution in [1.29, 1.82) is 0 Å². The van der Waals surface area contributed by atoms with Crippen LogP contribution in [-0.2, 0) is 4.79 Å². The van der Waals surface area contributed by atoms with Crippen LogP contribution in [0, 0.1) is 12.3 Å². The lowest BCUT2D eigenvalue weighted by atomic mass is 9.85. The van der Waals surface area contributed by atoms with Gasteiger partial charge in [0.1, 0.15) is 11.8 Å². The van der Waals surface area contributed by atoms with Crippen molar-refractivity contribution in [1.82, 2.24) is 15.6 Å². The number of amides is 2. The summed E-state index contributed by atoms with van der Waals surface area (Å²) in [6.07, 6.45) is 3.62. The van der Waals surface area contributed by atoms with E-state index in [-0.39, 0.29) is 12.1 Å². The van der Waals surface area contributed by atoms with Crippen molar-refractivity contribution >= 4 is 12.0 Å². The highest BCUT2D eigenvalue weighted by atomic mass is 16.4. The van der Waals surface area contributed by atoms with E-state index in [2.05, 4.69) is 15.6 Å². The maximum Gasteiger partial charge on any atom is 0.315 e. The van der Waals surface area contributed by atoms with E-state index in [0.717, 1.165) is 6.42 Å². The molecule has 1 aromatic rings. The van der Waals surface area contributed by atoms with Crippen LogP contribution in [0.3, 0.4) is 0 Å². The van der Waals surface area contributed by atoms with Gasteiger partial charge in [-0.15, -0.1) is 0 Å². The molecule has 2 amide bonds. The highest BCUT2D eigenvalue weighted by Crippen LogP contribution is 2.38. The van der Waals surface area contributed by atoms with Crippen LogP contribution in [-0.4, -0.2) is 28.1 Å². The summed E-state index contributed by atoms with van der Waals surface area (Å²) in [6, 6.07) is -1.15. The molecule has 0 aromatic carbocycles. The fourth-order valence-electron chi connectivity index (χ4n) is 2.68. The van der Waals surface area contributed by atoms with Crippen molar-refractivity contribution < 1.29 is 19.1 Å². The van der Waals surface area contributed by atoms with Crippen molar-refractivity contribution in [3.63, 3.8) is 0 Å². The third kappa shape index (κ3) is 3.17. The Labute approximate surface area is 123 Å². The van der Waals surface area contributed by atoms with Gasteiger partial charge in [-0.25, -0.2) is 9.78 Å². The number of urea groups is 1. The third-order valence-electron chi connectivity index (χ3n) is 4.11. The molecule has 0 radical (unpaired) electrons. The summed E-state index contributed by atoms with van der Waals surface area (Å²) in [5.41, 5.74) is -0.903. The largest absolute Gasteiger partial charge is 0.481 e. The van der Waals surface area contributed by atoms with Crippen LogP contribution < -0.4 is 10.6 Å². The number of carboxylic acids is 1. The van der Waals surface area contributed by atoms with Crippen LogP contribution in [0.15, 0.2) is 10.6 Å². The van der Waals surface area contributed by atoms with Crippen molar-refractivity contribution in [2.24, 2.45) is 5.41 Å². The first-order valence-electron chi connectivity index (χ1n) is 7.05. The van der Waals surface area contributed by atoms with Gasteiger partial charge in [-0.3, -0.25) is 4.79 Å². The predicted octanol–water partition coefficient (Wildman–Crippen LogP) is 1.99. The molecule has 3 unspecified atom stereocenters. The van der Waals surface area contributed by atoms with Crippen LogP contribution in [0.1, 0.15) is 50.8 Å². The zero-order valence-electron chi connectivity index (χ0n) is 12.5. The molecule has 1 aliphatic carbocycles. The van der Waals surface area contributed by atoms with Gasteiger partial charge in [-0.2, -0.15) is 0 Å². The van der Waals surface area contributed by atoms with Crippen molar-refractivity contribution in [2.75, 3.05) is 0 Å². The molecule has 21 heavy (non-hydrogen) atoms. The van der Waals surface area contributed by atoms with Crippen LogP contribution in [0.4, 0.5) is 4.79 Å². The number of hydrogen-bond donors (Lipinski definition) is 3. The van der Waals surface area contributed by atoms with E-state index >= 15 is 0 Å². The zero-order chi connectivity index (χ0) is 15.6. The Morgan fingerprint density at radius 2 is 2.29 bits per heavy atom. The van der Waals surface area contributed by atoms with Crippen LogP contribution in [0.2, 0.25) is 0 Å². The minimum atomic E-state index is -0.903. The highest BCUT2D eigenvalue weighted by molar-refractivity contribution is 5.79. The van der Waals surface area contributed by atoms with Gasteiger partial charge in [0.05, 0.1) is 11.6 Å². The number of carbonyl (C=O) groups is 2. The van der Waals surface area contributed by atoms with E-state index in [0.29, 0.717) is 24.5 Å². The molecule has 1 heterocycles. The lowest BCUT2D eigenvalue weighted by Crippen LogP contribution is -2.50. The predicted molar refractivity (Wildman–Crippen MR) is 74.7 cm³/mol. The number of carbonyl (C=O) groups excluding carboxylic acids is 1. The number of carboxylic acid groups (broad SMARTS) is 1. The first-order chi connectivity index (χ1) is 9.83. The first kappa shape index (κ1) is 15.3. The fourth-order valence-corrected chi connectivity index (χ4v) is 2.68. The van der Waals surface area contributed by atoms with Crippen molar-refractivity contribution in [3.05, 3.63) is 17.8 Å². The number of oxazole rings is 1. The van der Waals surface area contributed by atoms with Gasteiger partial charge < -0.3 is 20.2 Å². The first-order valence-corrected chi connectivity index (χ1v) is 7.05. The Morgan fingerprint density at radius 3 is 2.86 bits per heavy atom. The SMILES string of the molecule is Cc1cnc(C(C)NC(=O)NC2CCCC2(C)C(=O)O)o1. The minimum absolute atomic E-state index is 0.367. The van der Waals surface area contributed by atoms with Gasteiger partial charge in [0, 0.05) is 6.04 Å². The maximum absolute atomic E-state index is 12.0. The summed E-state index contributed by atoms with van der Waals surface area (Å²) < 4.78 is 5.35. The Balaban J connectivity index is 1.94. The summed E-state index contributed by atoms with van der Waals surface area (Å²) in [4.78, 5) is 27.4. The van der Waals surface area contributed by atoms with Gasteiger partial charge in [0.15, 0.2) is 0 Å². The van der Waals surface area contributed by atoms with Gasteiger partial charge in [0.25, 0.3) is 0 Å². The second-order valence-corrected chi connectivity index (χ2v) is 5.82. The molecule has 0 spiro atoms. The molecule has 116 valence electrons. The van der Waals surface area contributed by atoms with Crippen molar-refractivity contribution in [2.45, 2.75) is 52.1 Å². The smallest absolute Gasteiger partial charge is 0.315 e. The zero-order valence-corrected chi connectivity index (χ0v) is 12.5. The summed E-state index contributed by atoms with van der Waals surface area (Å²) in [5.74, 6) is 0.227. The number of rotatable bonds is 4. The molecule has 3 N–H and O–H groups in total. The lowest BCUT2D eigenvalue weighted by molar-refractivity contribution is -0.148. The molecule has 1 aromatic heterocycles. The quantitative estimate of drug-likeness (QED) is 0.788. The normalized spacial score (nSPS) is 26.3. The number of aliphatic carboxylic acids is 1. The molecule has 0 saturated heterocycles. The molecule has 3 atom stereocenters. The van der Waals surface area contributed by atoms with Gasteiger partial charge in [0.2, 0.25) is 5.89 Å². The van der Waals surface area contributed by atoms with E-state index < -0.39 is 17.4 Å². The topological polar surface area (TPSA) is 104 Å². The molecular formula is C14H21N3O4. The minimum Gasteiger partial charge on any atom is -0.481 e. The molecule has 2 rings (SSSR count). The number of nitrogens with one attached hydrogen (secondary N) is 2. The van der Waals surface area contributed by atoms with E-state index in [9.17, 15) is 14.7 Å². The summed E-state index contributed by atoms with van der Waals surface area (Å²) in [5, 5.41) is 14.8. The number of nitrogens with zero attached hydrogens (tertiary/aromatic N) is 1. The van der Waals surface area contributed by atoms with Crippen LogP contribution >= 0.6 is 0 Å². The Kier molecular flexibility index (Phi) is 4.20. The monoisotopic (exact) mass is 295 g/mol. The van der Waals surface area contributed by atoms with E-state index in [4.69, 9.17) is 4.42 Å². The van der Waals surface area contributed by atoms with Gasteiger partial charge in [-0.1, -0.05) is 6.42 Å². The average Bonchev–Trinajstić information content (AvgIpc) is 2.97. The summed E-state index contributed by atoms with van der Waals surface area (Å²) in [7, 11) is 0. The maximum atomic E-state index is 12.0. The average molecular weight is 295 g/mol. The molecule has 0 bridgehead atoms. The Bertz CT molecular complexity index is 542. The number of aryl methyl sites for hydroxylation is 1. The van der Waals surface area contributed by atoms with E-state index in [1.807, 2.05) is 0 Å². The van der Waals surface area contributed by atoms with E-state index in [1.165, 1.54) is 0 Å². The number of hydrogen-bond acceptors (Lipinski definition) is 4. The second kappa shape index (κ2) is 5.75. The van der Waals surface area contributed by atoms with E-state index in [1.54, 1.807) is 27.0 Å². The molecule has 1 aliphatic rings. The highest BCUT2D eigenvalue weighted by Gasteiger charge is 2.46. The Morgan fingerprint density at radius 1 is 1.57 bits per heavy atom. The third-order valence-corrected chi connectivity index (χ3v) is 4.11.